The van der Waals surface area contributed by atoms with E-state index in [9.17, 15) is 4.79 Å². The lowest BCUT2D eigenvalue weighted by Crippen LogP contribution is -2.23. The van der Waals surface area contributed by atoms with Crippen molar-refractivity contribution in [3.05, 3.63) is 0 Å². The van der Waals surface area contributed by atoms with Gasteiger partial charge in [-0.1, -0.05) is 116 Å². The van der Waals surface area contributed by atoms with Crippen molar-refractivity contribution in [3.8, 4) is 0 Å². The van der Waals surface area contributed by atoms with E-state index in [1.54, 1.807) is 0 Å². The van der Waals surface area contributed by atoms with Crippen LogP contribution in [0, 0.1) is 0 Å². The Bertz CT molecular complexity index is 326. The lowest BCUT2D eigenvalue weighted by Gasteiger charge is -2.21. The first kappa shape index (κ1) is 24.5. The van der Waals surface area contributed by atoms with Gasteiger partial charge in [0.2, 0.25) is 0 Å². The fourth-order valence-electron chi connectivity index (χ4n) is 4.25. The number of ether oxygens (including phenoxy) is 1. The Morgan fingerprint density at radius 1 is 0.667 bits per heavy atom. The number of carbonyl (C=O) groups excluding carboxylic acids is 1. The number of esters is 1. The Balaban J connectivity index is 1.68. The van der Waals surface area contributed by atoms with E-state index >= 15 is 0 Å². The molecule has 160 valence electrons. The molecule has 1 aliphatic heterocycles. The zero-order valence-corrected chi connectivity index (χ0v) is 18.5. The zero-order chi connectivity index (χ0) is 19.4. The molecule has 0 radical (unpaired) electrons. The molecule has 1 fully saturated rings. The standard InChI is InChI=1S/C25H48O2/c1-2-3-4-5-6-7-8-9-10-11-12-13-14-15-16-17-18-19-21-24-22-20-23-25(26)27-24/h24H,2-23H2,1H3/t24-/m0/s1. The molecule has 1 atom stereocenters. The van der Waals surface area contributed by atoms with Crippen LogP contribution in [0.2, 0.25) is 0 Å². The monoisotopic (exact) mass is 380 g/mol. The van der Waals surface area contributed by atoms with Gasteiger partial charge in [-0.25, -0.2) is 0 Å². The van der Waals surface area contributed by atoms with Crippen molar-refractivity contribution in [2.75, 3.05) is 0 Å². The summed E-state index contributed by atoms with van der Waals surface area (Å²) >= 11 is 0. The molecule has 0 aromatic heterocycles. The first-order valence-electron chi connectivity index (χ1n) is 12.5. The summed E-state index contributed by atoms with van der Waals surface area (Å²) in [5.41, 5.74) is 0. The van der Waals surface area contributed by atoms with Crippen LogP contribution in [0.1, 0.15) is 148 Å². The maximum absolute atomic E-state index is 11.2. The van der Waals surface area contributed by atoms with Crippen molar-refractivity contribution >= 4 is 5.97 Å². The van der Waals surface area contributed by atoms with E-state index in [1.165, 1.54) is 116 Å². The number of hydrogen-bond acceptors (Lipinski definition) is 2. The largest absolute Gasteiger partial charge is 0.462 e. The third-order valence-electron chi connectivity index (χ3n) is 6.08. The molecule has 0 saturated carbocycles. The van der Waals surface area contributed by atoms with Crippen molar-refractivity contribution < 1.29 is 9.53 Å². The molecule has 0 N–H and O–H groups in total. The van der Waals surface area contributed by atoms with Gasteiger partial charge >= 0.3 is 5.97 Å². The molecule has 1 aliphatic rings. The van der Waals surface area contributed by atoms with Gasteiger partial charge in [0.15, 0.2) is 0 Å². The maximum atomic E-state index is 11.2. The van der Waals surface area contributed by atoms with Gasteiger partial charge in [0, 0.05) is 6.42 Å². The Labute approximate surface area is 170 Å². The van der Waals surface area contributed by atoms with Gasteiger partial charge in [0.05, 0.1) is 0 Å². The van der Waals surface area contributed by atoms with E-state index in [1.807, 2.05) is 0 Å². The molecule has 2 nitrogen and oxygen atoms in total. The quantitative estimate of drug-likeness (QED) is 0.166. The summed E-state index contributed by atoms with van der Waals surface area (Å²) in [4.78, 5) is 11.2. The molecular formula is C25H48O2. The summed E-state index contributed by atoms with van der Waals surface area (Å²) in [7, 11) is 0. The van der Waals surface area contributed by atoms with Crippen LogP contribution < -0.4 is 0 Å². The summed E-state index contributed by atoms with van der Waals surface area (Å²) in [5, 5.41) is 0. The van der Waals surface area contributed by atoms with Crippen LogP contribution in [0.4, 0.5) is 0 Å². The molecule has 0 aromatic carbocycles. The molecule has 1 heterocycles. The van der Waals surface area contributed by atoms with E-state index in [4.69, 9.17) is 4.74 Å². The van der Waals surface area contributed by atoms with Gasteiger partial charge < -0.3 is 4.74 Å². The Kier molecular flexibility index (Phi) is 17.1. The summed E-state index contributed by atoms with van der Waals surface area (Å²) in [6, 6.07) is 0. The van der Waals surface area contributed by atoms with Gasteiger partial charge in [0.1, 0.15) is 6.10 Å². The third kappa shape index (κ3) is 16.2. The third-order valence-corrected chi connectivity index (χ3v) is 6.08. The highest BCUT2D eigenvalue weighted by molar-refractivity contribution is 5.70. The second-order valence-electron chi connectivity index (χ2n) is 8.80. The number of hydrogen-bond donors (Lipinski definition) is 0. The van der Waals surface area contributed by atoms with E-state index in [0.717, 1.165) is 19.3 Å². The van der Waals surface area contributed by atoms with Gasteiger partial charge in [0.25, 0.3) is 0 Å². The van der Waals surface area contributed by atoms with Crippen LogP contribution in [0.15, 0.2) is 0 Å². The highest BCUT2D eigenvalue weighted by Gasteiger charge is 2.19. The fourth-order valence-corrected chi connectivity index (χ4v) is 4.25. The normalized spacial score (nSPS) is 17.2. The number of cyclic esters (lactones) is 1. The highest BCUT2D eigenvalue weighted by Crippen LogP contribution is 2.20. The van der Waals surface area contributed by atoms with E-state index < -0.39 is 0 Å². The van der Waals surface area contributed by atoms with E-state index in [0.29, 0.717) is 6.42 Å². The summed E-state index contributed by atoms with van der Waals surface area (Å²) in [5.74, 6) is 0.0219. The number of unbranched alkanes of at least 4 members (excludes halogenated alkanes) is 17. The van der Waals surface area contributed by atoms with Crippen LogP contribution in [0.5, 0.6) is 0 Å². The Hall–Kier alpha value is -0.530. The smallest absolute Gasteiger partial charge is 0.306 e. The average molecular weight is 381 g/mol. The van der Waals surface area contributed by atoms with E-state index in [2.05, 4.69) is 6.92 Å². The second-order valence-corrected chi connectivity index (χ2v) is 8.80. The highest BCUT2D eigenvalue weighted by atomic mass is 16.5. The first-order chi connectivity index (χ1) is 13.3. The first-order valence-corrected chi connectivity index (χ1v) is 12.5. The van der Waals surface area contributed by atoms with Gasteiger partial charge in [-0.3, -0.25) is 4.79 Å². The number of rotatable bonds is 19. The predicted molar refractivity (Wildman–Crippen MR) is 117 cm³/mol. The Morgan fingerprint density at radius 2 is 1.07 bits per heavy atom. The van der Waals surface area contributed by atoms with E-state index in [-0.39, 0.29) is 12.1 Å². The van der Waals surface area contributed by atoms with Crippen molar-refractivity contribution in [2.24, 2.45) is 0 Å². The van der Waals surface area contributed by atoms with Crippen molar-refractivity contribution in [1.82, 2.24) is 0 Å². The predicted octanol–water partition coefficient (Wildman–Crippen LogP) is 8.51. The van der Waals surface area contributed by atoms with Gasteiger partial charge in [-0.2, -0.15) is 0 Å². The molecule has 0 spiro atoms. The summed E-state index contributed by atoms with van der Waals surface area (Å²) in [6.07, 6.45) is 29.6. The van der Waals surface area contributed by atoms with Gasteiger partial charge in [-0.15, -0.1) is 0 Å². The lowest BCUT2D eigenvalue weighted by atomic mass is 10.0. The summed E-state index contributed by atoms with van der Waals surface area (Å²) < 4.78 is 5.38. The molecular weight excluding hydrogens is 332 g/mol. The van der Waals surface area contributed by atoms with Crippen LogP contribution >= 0.6 is 0 Å². The average Bonchev–Trinajstić information content (AvgIpc) is 2.67. The molecule has 1 rings (SSSR count). The van der Waals surface area contributed by atoms with Crippen LogP contribution in [0.3, 0.4) is 0 Å². The molecule has 0 bridgehead atoms. The van der Waals surface area contributed by atoms with Crippen molar-refractivity contribution in [3.63, 3.8) is 0 Å². The topological polar surface area (TPSA) is 26.3 Å². The molecule has 0 unspecified atom stereocenters. The van der Waals surface area contributed by atoms with Crippen molar-refractivity contribution in [2.45, 2.75) is 154 Å². The Morgan fingerprint density at radius 3 is 1.48 bits per heavy atom. The molecule has 2 heteroatoms. The minimum absolute atomic E-state index is 0.0219. The molecule has 0 aromatic rings. The second kappa shape index (κ2) is 18.8. The minimum atomic E-state index is 0.0219. The van der Waals surface area contributed by atoms with Gasteiger partial charge in [-0.05, 0) is 25.7 Å². The SMILES string of the molecule is CCCCCCCCCCCCCCCCCCCC[C@H]1CCCC(=O)O1. The molecule has 1 saturated heterocycles. The fraction of sp³-hybridized carbons (Fsp3) is 0.960. The molecule has 0 amide bonds. The lowest BCUT2D eigenvalue weighted by molar-refractivity contribution is -0.154. The minimum Gasteiger partial charge on any atom is -0.462 e. The van der Waals surface area contributed by atoms with Crippen LogP contribution in [0.25, 0.3) is 0 Å². The summed E-state index contributed by atoms with van der Waals surface area (Å²) in [6.45, 7) is 2.29. The number of carbonyl (C=O) groups is 1. The zero-order valence-electron chi connectivity index (χ0n) is 18.5. The maximum Gasteiger partial charge on any atom is 0.306 e. The van der Waals surface area contributed by atoms with Crippen molar-refractivity contribution in [1.29, 1.82) is 0 Å². The van der Waals surface area contributed by atoms with Crippen LogP contribution in [-0.2, 0) is 9.53 Å². The van der Waals surface area contributed by atoms with Crippen LogP contribution in [-0.4, -0.2) is 12.1 Å². The molecule has 0 aliphatic carbocycles. The molecule has 27 heavy (non-hydrogen) atoms.